The summed E-state index contributed by atoms with van der Waals surface area (Å²) in [4.78, 5) is 18.9. The third-order valence-electron chi connectivity index (χ3n) is 5.28. The Morgan fingerprint density at radius 2 is 2.04 bits per heavy atom. The van der Waals surface area contributed by atoms with Gasteiger partial charge in [-0.15, -0.1) is 0 Å². The van der Waals surface area contributed by atoms with E-state index in [9.17, 15) is 18.0 Å². The Morgan fingerprint density at radius 1 is 1.33 bits per heavy atom. The molecule has 10 heteroatoms. The molecule has 1 fully saturated rings. The molecule has 1 amide bonds. The maximum Gasteiger partial charge on any atom is 0.405 e. The molecule has 0 bridgehead atoms. The normalized spacial score (nSPS) is 17.8. The number of amides is 1. The highest BCUT2D eigenvalue weighted by atomic mass is 19.4. The van der Waals surface area contributed by atoms with Crippen LogP contribution >= 0.6 is 0 Å². The molecule has 0 saturated carbocycles. The van der Waals surface area contributed by atoms with Gasteiger partial charge in [0.15, 0.2) is 0 Å². The van der Waals surface area contributed by atoms with E-state index in [1.165, 1.54) is 12.5 Å². The van der Waals surface area contributed by atoms with Gasteiger partial charge in [0, 0.05) is 50.3 Å². The molecule has 7 nitrogen and oxygen atoms in total. The second-order valence-corrected chi connectivity index (χ2v) is 6.95. The number of likely N-dealkylation sites (tertiary alicyclic amines) is 1. The standard InChI is InChI=1S/C17H23F3N6O/c1-13-14(9-23-24(13)2)10-25-6-3-16(4-7-25,26-8-5-21-12-26)15(27)22-11-17(18,19)20/h5,8-9,12H,3-4,6-7,10-11H2,1-2H3,(H,22,27). The van der Waals surface area contributed by atoms with Crippen LogP contribution in [0.1, 0.15) is 24.1 Å². The number of aromatic nitrogens is 4. The van der Waals surface area contributed by atoms with E-state index < -0.39 is 24.2 Å². The van der Waals surface area contributed by atoms with Crippen LogP contribution in [-0.2, 0) is 23.9 Å². The molecule has 1 saturated heterocycles. The highest BCUT2D eigenvalue weighted by Gasteiger charge is 2.44. The zero-order chi connectivity index (χ0) is 19.7. The molecule has 3 rings (SSSR count). The fourth-order valence-electron chi connectivity index (χ4n) is 3.48. The van der Waals surface area contributed by atoms with Gasteiger partial charge in [-0.25, -0.2) is 4.98 Å². The molecule has 1 aliphatic heterocycles. The average molecular weight is 384 g/mol. The molecular formula is C17H23F3N6O. The zero-order valence-electron chi connectivity index (χ0n) is 15.3. The first-order chi connectivity index (χ1) is 12.7. The zero-order valence-corrected chi connectivity index (χ0v) is 15.3. The first-order valence-corrected chi connectivity index (χ1v) is 8.74. The molecule has 1 N–H and O–H groups in total. The largest absolute Gasteiger partial charge is 0.405 e. The molecule has 3 heterocycles. The summed E-state index contributed by atoms with van der Waals surface area (Å²) in [6, 6.07) is 0. The fourth-order valence-corrected chi connectivity index (χ4v) is 3.48. The Hall–Kier alpha value is -2.36. The van der Waals surface area contributed by atoms with Gasteiger partial charge in [0.1, 0.15) is 12.1 Å². The maximum atomic E-state index is 12.7. The van der Waals surface area contributed by atoms with E-state index >= 15 is 0 Å². The number of rotatable bonds is 5. The number of nitrogens with zero attached hydrogens (tertiary/aromatic N) is 5. The lowest BCUT2D eigenvalue weighted by Gasteiger charge is -2.41. The van der Waals surface area contributed by atoms with Gasteiger partial charge < -0.3 is 9.88 Å². The third-order valence-corrected chi connectivity index (χ3v) is 5.28. The van der Waals surface area contributed by atoms with Gasteiger partial charge in [-0.05, 0) is 19.8 Å². The van der Waals surface area contributed by atoms with Crippen molar-refractivity contribution in [3.05, 3.63) is 36.2 Å². The Kier molecular flexibility index (Phi) is 5.27. The van der Waals surface area contributed by atoms with E-state index in [-0.39, 0.29) is 0 Å². The van der Waals surface area contributed by atoms with Gasteiger partial charge in [0.2, 0.25) is 5.91 Å². The summed E-state index contributed by atoms with van der Waals surface area (Å²) in [5.41, 5.74) is 1.13. The van der Waals surface area contributed by atoms with Crippen molar-refractivity contribution >= 4 is 5.91 Å². The Bertz CT molecular complexity index is 775. The predicted octanol–water partition coefficient (Wildman–Crippen LogP) is 1.59. The molecule has 0 aromatic carbocycles. The molecule has 2 aromatic rings. The highest BCUT2D eigenvalue weighted by molar-refractivity contribution is 5.84. The van der Waals surface area contributed by atoms with Crippen molar-refractivity contribution in [3.8, 4) is 0 Å². The molecular weight excluding hydrogens is 361 g/mol. The fraction of sp³-hybridized carbons (Fsp3) is 0.588. The van der Waals surface area contributed by atoms with Crippen molar-refractivity contribution < 1.29 is 18.0 Å². The van der Waals surface area contributed by atoms with E-state index in [1.807, 2.05) is 20.2 Å². The molecule has 0 aliphatic carbocycles. The van der Waals surface area contributed by atoms with Crippen LogP contribution < -0.4 is 5.32 Å². The number of imidazole rings is 1. The quantitative estimate of drug-likeness (QED) is 0.850. The molecule has 148 valence electrons. The Morgan fingerprint density at radius 3 is 2.56 bits per heavy atom. The summed E-state index contributed by atoms with van der Waals surface area (Å²) < 4.78 is 41.1. The first-order valence-electron chi connectivity index (χ1n) is 8.74. The number of carbonyl (C=O) groups excluding carboxylic acids is 1. The van der Waals surface area contributed by atoms with Gasteiger partial charge in [-0.3, -0.25) is 14.4 Å². The molecule has 1 aliphatic rings. The molecule has 2 aromatic heterocycles. The summed E-state index contributed by atoms with van der Waals surface area (Å²) >= 11 is 0. The van der Waals surface area contributed by atoms with Crippen LogP contribution in [0.3, 0.4) is 0 Å². The first kappa shape index (κ1) is 19.4. The summed E-state index contributed by atoms with van der Waals surface area (Å²) in [7, 11) is 1.88. The third kappa shape index (κ3) is 4.15. The number of alkyl halides is 3. The van der Waals surface area contributed by atoms with Crippen molar-refractivity contribution in [1.29, 1.82) is 0 Å². The predicted molar refractivity (Wildman–Crippen MR) is 91.7 cm³/mol. The van der Waals surface area contributed by atoms with Crippen molar-refractivity contribution in [2.24, 2.45) is 7.05 Å². The summed E-state index contributed by atoms with van der Waals surface area (Å²) in [5, 5.41) is 6.29. The van der Waals surface area contributed by atoms with Crippen LogP contribution in [0.5, 0.6) is 0 Å². The second kappa shape index (κ2) is 7.34. The lowest BCUT2D eigenvalue weighted by molar-refractivity contribution is -0.145. The van der Waals surface area contributed by atoms with Gasteiger partial charge in [0.25, 0.3) is 0 Å². The summed E-state index contributed by atoms with van der Waals surface area (Å²) in [5.74, 6) is -0.616. The molecule has 0 unspecified atom stereocenters. The Labute approximate surface area is 155 Å². The molecule has 0 radical (unpaired) electrons. The van der Waals surface area contributed by atoms with Crippen LogP contribution in [0.4, 0.5) is 13.2 Å². The van der Waals surface area contributed by atoms with Gasteiger partial charge >= 0.3 is 6.18 Å². The summed E-state index contributed by atoms with van der Waals surface area (Å²) in [6.07, 6.45) is 2.86. The number of hydrogen-bond acceptors (Lipinski definition) is 4. The number of carbonyl (C=O) groups is 1. The monoisotopic (exact) mass is 384 g/mol. The summed E-state index contributed by atoms with van der Waals surface area (Å²) in [6.45, 7) is 2.54. The lowest BCUT2D eigenvalue weighted by Crippen LogP contribution is -2.55. The molecule has 27 heavy (non-hydrogen) atoms. The topological polar surface area (TPSA) is 68.0 Å². The number of halogens is 3. The van der Waals surface area contributed by atoms with Crippen molar-refractivity contribution in [3.63, 3.8) is 0 Å². The average Bonchev–Trinajstić information content (AvgIpc) is 3.26. The van der Waals surface area contributed by atoms with E-state index in [4.69, 9.17) is 0 Å². The van der Waals surface area contributed by atoms with Gasteiger partial charge in [-0.2, -0.15) is 18.3 Å². The number of piperidine rings is 1. The van der Waals surface area contributed by atoms with E-state index in [1.54, 1.807) is 15.4 Å². The number of nitrogens with one attached hydrogen (secondary N) is 1. The van der Waals surface area contributed by atoms with Gasteiger partial charge in [0.05, 0.1) is 12.5 Å². The SMILES string of the molecule is Cc1c(CN2CCC(C(=O)NCC(F)(F)F)(n3ccnc3)CC2)cnn1C. The maximum absolute atomic E-state index is 12.7. The number of hydrogen-bond donors (Lipinski definition) is 1. The van der Waals surface area contributed by atoms with Crippen LogP contribution in [0.2, 0.25) is 0 Å². The molecule has 0 spiro atoms. The van der Waals surface area contributed by atoms with E-state index in [2.05, 4.69) is 20.3 Å². The van der Waals surface area contributed by atoms with Crippen molar-refractivity contribution in [2.45, 2.75) is 38.0 Å². The highest BCUT2D eigenvalue weighted by Crippen LogP contribution is 2.31. The smallest absolute Gasteiger partial charge is 0.345 e. The van der Waals surface area contributed by atoms with Crippen molar-refractivity contribution in [2.75, 3.05) is 19.6 Å². The lowest BCUT2D eigenvalue weighted by atomic mass is 9.85. The van der Waals surface area contributed by atoms with E-state index in [0.29, 0.717) is 32.5 Å². The second-order valence-electron chi connectivity index (χ2n) is 6.95. The van der Waals surface area contributed by atoms with Gasteiger partial charge in [-0.1, -0.05) is 0 Å². The van der Waals surface area contributed by atoms with Crippen LogP contribution in [-0.4, -0.2) is 55.9 Å². The minimum absolute atomic E-state index is 0.409. The van der Waals surface area contributed by atoms with Crippen LogP contribution in [0, 0.1) is 6.92 Å². The molecule has 0 atom stereocenters. The minimum atomic E-state index is -4.44. The minimum Gasteiger partial charge on any atom is -0.345 e. The number of aryl methyl sites for hydroxylation is 1. The van der Waals surface area contributed by atoms with Crippen molar-refractivity contribution in [1.82, 2.24) is 29.5 Å². The van der Waals surface area contributed by atoms with Crippen LogP contribution in [0.15, 0.2) is 24.9 Å². The van der Waals surface area contributed by atoms with E-state index in [0.717, 1.165) is 11.3 Å². The Balaban J connectivity index is 1.71. The van der Waals surface area contributed by atoms with Crippen LogP contribution in [0.25, 0.3) is 0 Å².